The van der Waals surface area contributed by atoms with Gasteiger partial charge in [0, 0.05) is 17.5 Å². The minimum absolute atomic E-state index is 0.254. The molecule has 1 aromatic heterocycles. The van der Waals surface area contributed by atoms with Crippen molar-refractivity contribution < 1.29 is 0 Å². The van der Waals surface area contributed by atoms with Crippen molar-refractivity contribution in [1.29, 1.82) is 0 Å². The maximum Gasteiger partial charge on any atom is 0.154 e. The third-order valence-corrected chi connectivity index (χ3v) is 10.5. The Morgan fingerprint density at radius 1 is 0.878 bits per heavy atom. The van der Waals surface area contributed by atoms with E-state index in [0.717, 1.165) is 47.4 Å². The lowest BCUT2D eigenvalue weighted by atomic mass is 9.61. The highest BCUT2D eigenvalue weighted by Crippen LogP contribution is 2.55. The van der Waals surface area contributed by atoms with E-state index < -0.39 is 0 Å². The molecule has 0 spiro atoms. The van der Waals surface area contributed by atoms with Gasteiger partial charge in [-0.1, -0.05) is 134 Å². The Morgan fingerprint density at radius 2 is 1.61 bits per heavy atom. The van der Waals surface area contributed by atoms with E-state index in [-0.39, 0.29) is 11.8 Å². The van der Waals surface area contributed by atoms with Crippen LogP contribution in [0.3, 0.4) is 0 Å². The summed E-state index contributed by atoms with van der Waals surface area (Å²) in [5.74, 6) is 4.67. The summed E-state index contributed by atoms with van der Waals surface area (Å²) in [6.45, 7) is 4.67. The third kappa shape index (κ3) is 5.56. The van der Waals surface area contributed by atoms with Crippen molar-refractivity contribution in [3.63, 3.8) is 0 Å². The summed E-state index contributed by atoms with van der Waals surface area (Å²) in [7, 11) is 0. The second-order valence-electron chi connectivity index (χ2n) is 13.5. The normalized spacial score (nSPS) is 20.7. The minimum Gasteiger partial charge on any atom is -0.292 e. The summed E-state index contributed by atoms with van der Waals surface area (Å²) in [6.07, 6.45) is 23.2. The number of imidazole rings is 1. The van der Waals surface area contributed by atoms with Gasteiger partial charge in [-0.05, 0) is 101 Å². The smallest absolute Gasteiger partial charge is 0.154 e. The second kappa shape index (κ2) is 13.1. The first-order valence-electron chi connectivity index (χ1n) is 17.5. The molecular formula is C47H40N2. The van der Waals surface area contributed by atoms with Crippen molar-refractivity contribution >= 4 is 22.2 Å². The number of nitrogens with zero attached hydrogens (tertiary/aromatic N) is 2. The number of terminal acetylenes is 1. The summed E-state index contributed by atoms with van der Waals surface area (Å²) >= 11 is 0. The summed E-state index contributed by atoms with van der Waals surface area (Å²) < 4.78 is 2.17. The van der Waals surface area contributed by atoms with Gasteiger partial charge in [-0.2, -0.15) is 0 Å². The van der Waals surface area contributed by atoms with Crippen molar-refractivity contribution in [2.24, 2.45) is 11.8 Å². The van der Waals surface area contributed by atoms with Crippen molar-refractivity contribution in [3.8, 4) is 18.0 Å². The summed E-state index contributed by atoms with van der Waals surface area (Å²) in [6, 6.07) is 38.8. The predicted octanol–water partition coefficient (Wildman–Crippen LogP) is 11.4. The van der Waals surface area contributed by atoms with Crippen molar-refractivity contribution in [3.05, 3.63) is 190 Å². The summed E-state index contributed by atoms with van der Waals surface area (Å²) in [4.78, 5) is 5.03. The highest BCUT2D eigenvalue weighted by atomic mass is 15.1. The lowest BCUT2D eigenvalue weighted by Gasteiger charge is -2.43. The molecule has 0 N–H and O–H groups in total. The predicted molar refractivity (Wildman–Crippen MR) is 205 cm³/mol. The van der Waals surface area contributed by atoms with E-state index in [9.17, 15) is 0 Å². The van der Waals surface area contributed by atoms with Gasteiger partial charge in [-0.3, -0.25) is 4.57 Å². The first-order valence-corrected chi connectivity index (χ1v) is 17.5. The maximum absolute atomic E-state index is 6.23. The Hall–Kier alpha value is -5.65. The average molecular weight is 633 g/mol. The molecule has 4 aromatic carbocycles. The van der Waals surface area contributed by atoms with Crippen LogP contribution in [-0.4, -0.2) is 9.55 Å². The molecule has 238 valence electrons. The zero-order valence-electron chi connectivity index (χ0n) is 28.2. The van der Waals surface area contributed by atoms with E-state index >= 15 is 0 Å². The van der Waals surface area contributed by atoms with E-state index in [4.69, 9.17) is 11.4 Å². The number of rotatable bonds is 6. The Bertz CT molecular complexity index is 2280. The first-order chi connectivity index (χ1) is 24.1. The largest absolute Gasteiger partial charge is 0.292 e. The van der Waals surface area contributed by atoms with E-state index in [2.05, 4.69) is 152 Å². The standard InChI is InChI=1S/C47H40N2/c1-4-34(47-48-42-26-16-17-27-43(42)49(47)38-22-12-7-13-23-38)29-28-32(2)37-30-33(3)44-41(31-37)45(35-18-8-5-9-19-35)39-24-14-15-25-40(39)46(44)36-20-10-6-11-21-36/h1,5-10,12-20,22-29,31,33,41,45H,11,21,30H2,2-3H3/b32-28+,34-29+. The van der Waals surface area contributed by atoms with Gasteiger partial charge in [-0.25, -0.2) is 4.98 Å². The van der Waals surface area contributed by atoms with Crippen LogP contribution in [-0.2, 0) is 0 Å². The Morgan fingerprint density at radius 3 is 2.39 bits per heavy atom. The van der Waals surface area contributed by atoms with Crippen LogP contribution in [0, 0.1) is 24.2 Å². The van der Waals surface area contributed by atoms with E-state index in [1.807, 2.05) is 18.2 Å². The lowest BCUT2D eigenvalue weighted by molar-refractivity contribution is 0.508. The molecule has 0 amide bonds. The fraction of sp³-hybridized carbons (Fsp3) is 0.170. The quantitative estimate of drug-likeness (QED) is 0.135. The molecule has 3 atom stereocenters. The molecule has 0 saturated heterocycles. The molecule has 8 rings (SSSR count). The number of aromatic nitrogens is 2. The van der Waals surface area contributed by atoms with Gasteiger partial charge in [-0.15, -0.1) is 6.42 Å². The third-order valence-electron chi connectivity index (χ3n) is 10.5. The highest BCUT2D eigenvalue weighted by Gasteiger charge is 2.40. The van der Waals surface area contributed by atoms with Crippen molar-refractivity contribution in [2.75, 3.05) is 0 Å². The number of fused-ring (bicyclic) bond motifs is 3. The fourth-order valence-corrected chi connectivity index (χ4v) is 8.23. The molecule has 0 aliphatic heterocycles. The fourth-order valence-electron chi connectivity index (χ4n) is 8.23. The van der Waals surface area contributed by atoms with Gasteiger partial charge in [0.15, 0.2) is 5.82 Å². The molecule has 0 saturated carbocycles. The van der Waals surface area contributed by atoms with Gasteiger partial charge >= 0.3 is 0 Å². The number of allylic oxidation sites excluding steroid dienone is 12. The number of para-hydroxylation sites is 3. The molecular weight excluding hydrogens is 593 g/mol. The van der Waals surface area contributed by atoms with Crippen LogP contribution in [0.2, 0.25) is 0 Å². The minimum atomic E-state index is 0.254. The van der Waals surface area contributed by atoms with Crippen LogP contribution >= 0.6 is 0 Å². The average Bonchev–Trinajstić information content (AvgIpc) is 3.54. The summed E-state index contributed by atoms with van der Waals surface area (Å²) in [5.41, 5.74) is 15.1. The van der Waals surface area contributed by atoms with Gasteiger partial charge < -0.3 is 0 Å². The molecule has 2 nitrogen and oxygen atoms in total. The van der Waals surface area contributed by atoms with E-state index in [1.165, 1.54) is 39.0 Å². The Kier molecular flexibility index (Phi) is 8.20. The molecule has 3 aliphatic rings. The van der Waals surface area contributed by atoms with Crippen LogP contribution in [0.4, 0.5) is 0 Å². The van der Waals surface area contributed by atoms with Gasteiger partial charge in [0.25, 0.3) is 0 Å². The molecule has 49 heavy (non-hydrogen) atoms. The SMILES string of the molecule is C#C/C(=C\C=C(/C)C1=CC2C(=C(C3=CC=CCC3)c3ccccc3C2c2ccccc2)C(C)C1)c1nc2ccccc2n1-c1ccccc1. The molecule has 0 radical (unpaired) electrons. The molecule has 3 aliphatic carbocycles. The number of hydrogen-bond acceptors (Lipinski definition) is 1. The molecule has 0 bridgehead atoms. The topological polar surface area (TPSA) is 17.8 Å². The molecule has 1 heterocycles. The zero-order chi connectivity index (χ0) is 33.3. The molecule has 3 unspecified atom stereocenters. The number of benzene rings is 4. The van der Waals surface area contributed by atoms with Crippen LogP contribution in [0.5, 0.6) is 0 Å². The Labute approximate surface area is 290 Å². The number of hydrogen-bond donors (Lipinski definition) is 0. The van der Waals surface area contributed by atoms with Crippen molar-refractivity contribution in [2.45, 2.75) is 39.0 Å². The van der Waals surface area contributed by atoms with E-state index in [0.29, 0.717) is 5.92 Å². The molecule has 2 heteroatoms. The van der Waals surface area contributed by atoms with Crippen LogP contribution in [0.25, 0.3) is 27.9 Å². The second-order valence-corrected chi connectivity index (χ2v) is 13.5. The Balaban J connectivity index is 1.25. The van der Waals surface area contributed by atoms with Gasteiger partial charge in [0.05, 0.1) is 16.6 Å². The van der Waals surface area contributed by atoms with Crippen LogP contribution < -0.4 is 0 Å². The van der Waals surface area contributed by atoms with Crippen LogP contribution in [0.15, 0.2) is 168 Å². The maximum atomic E-state index is 6.23. The molecule has 5 aromatic rings. The van der Waals surface area contributed by atoms with Crippen molar-refractivity contribution in [1.82, 2.24) is 9.55 Å². The first kappa shape index (κ1) is 30.7. The van der Waals surface area contributed by atoms with Gasteiger partial charge in [0.2, 0.25) is 0 Å². The van der Waals surface area contributed by atoms with Gasteiger partial charge in [0.1, 0.15) is 0 Å². The van der Waals surface area contributed by atoms with Crippen LogP contribution in [0.1, 0.15) is 61.5 Å². The monoisotopic (exact) mass is 632 g/mol. The highest BCUT2D eigenvalue weighted by molar-refractivity contribution is 5.88. The van der Waals surface area contributed by atoms with E-state index in [1.54, 1.807) is 5.57 Å². The summed E-state index contributed by atoms with van der Waals surface area (Å²) in [5, 5.41) is 0. The lowest BCUT2D eigenvalue weighted by Crippen LogP contribution is -2.29. The zero-order valence-corrected chi connectivity index (χ0v) is 28.2. The molecule has 0 fully saturated rings.